The molecule has 0 aromatic heterocycles. The number of alkyl halides is 1. The molecule has 0 aliphatic heterocycles. The maximum absolute atomic E-state index is 5.99. The van der Waals surface area contributed by atoms with Gasteiger partial charge in [0, 0.05) is 5.38 Å². The van der Waals surface area contributed by atoms with E-state index in [-0.39, 0.29) is 0 Å². The molecule has 0 heterocycles. The average molecular weight is 149 g/mol. The Bertz CT molecular complexity index is 61.6. The normalized spacial score (nSPS) is 17.3. The van der Waals surface area contributed by atoms with E-state index in [2.05, 4.69) is 20.8 Å². The Labute approximate surface area is 63.6 Å². The molecule has 0 aliphatic carbocycles. The molecule has 0 aliphatic rings. The lowest BCUT2D eigenvalue weighted by molar-refractivity contribution is 0.488. The average Bonchev–Trinajstić information content (AvgIpc) is 1.87. The summed E-state index contributed by atoms with van der Waals surface area (Å²) in [6.07, 6.45) is 3.62. The van der Waals surface area contributed by atoms with Gasteiger partial charge in [-0.2, -0.15) is 0 Å². The highest BCUT2D eigenvalue weighted by molar-refractivity contribution is 6.20. The first-order valence-corrected chi connectivity index (χ1v) is 4.30. The van der Waals surface area contributed by atoms with Gasteiger partial charge in [0.25, 0.3) is 0 Å². The molecular weight excluding hydrogens is 132 g/mol. The number of hydrogen-bond acceptors (Lipinski definition) is 0. The van der Waals surface area contributed by atoms with Crippen LogP contribution in [0.15, 0.2) is 0 Å². The summed E-state index contributed by atoms with van der Waals surface area (Å²) in [6.45, 7) is 6.57. The largest absolute Gasteiger partial charge is 0.123 e. The number of hydrogen-bond donors (Lipinski definition) is 0. The van der Waals surface area contributed by atoms with Crippen LogP contribution in [0, 0.1) is 5.92 Å². The summed E-state index contributed by atoms with van der Waals surface area (Å²) in [5.41, 5.74) is 0. The fraction of sp³-hybridized carbons (Fsp3) is 1.00. The lowest BCUT2D eigenvalue weighted by Crippen LogP contribution is -2.09. The molecule has 0 radical (unpaired) electrons. The molecule has 0 aromatic rings. The fourth-order valence-corrected chi connectivity index (χ4v) is 1.16. The second-order valence-electron chi connectivity index (χ2n) is 2.69. The lowest BCUT2D eigenvalue weighted by atomic mass is 10.0. The van der Waals surface area contributed by atoms with E-state index in [0.29, 0.717) is 11.3 Å². The number of halogens is 1. The zero-order valence-corrected chi connectivity index (χ0v) is 7.41. The van der Waals surface area contributed by atoms with Crippen LogP contribution in [0.4, 0.5) is 0 Å². The topological polar surface area (TPSA) is 0 Å². The molecule has 0 aromatic carbocycles. The van der Waals surface area contributed by atoms with Gasteiger partial charge in [-0.05, 0) is 18.8 Å². The predicted octanol–water partition coefficient (Wildman–Crippen LogP) is 3.44. The molecule has 2 unspecified atom stereocenters. The van der Waals surface area contributed by atoms with Gasteiger partial charge in [0.2, 0.25) is 0 Å². The van der Waals surface area contributed by atoms with Crippen LogP contribution in [0.1, 0.15) is 40.0 Å². The third kappa shape index (κ3) is 3.80. The van der Waals surface area contributed by atoms with Gasteiger partial charge in [0.15, 0.2) is 0 Å². The van der Waals surface area contributed by atoms with Crippen LogP contribution in [-0.2, 0) is 0 Å². The molecule has 2 atom stereocenters. The second-order valence-corrected chi connectivity index (χ2v) is 3.25. The molecule has 9 heavy (non-hydrogen) atoms. The maximum Gasteiger partial charge on any atom is 0.0359 e. The van der Waals surface area contributed by atoms with E-state index >= 15 is 0 Å². The van der Waals surface area contributed by atoms with Crippen LogP contribution in [0.5, 0.6) is 0 Å². The summed E-state index contributed by atoms with van der Waals surface area (Å²) in [6, 6.07) is 0. The van der Waals surface area contributed by atoms with Crippen molar-refractivity contribution >= 4 is 11.6 Å². The van der Waals surface area contributed by atoms with Crippen LogP contribution in [0.3, 0.4) is 0 Å². The molecule has 0 fully saturated rings. The van der Waals surface area contributed by atoms with E-state index in [0.717, 1.165) is 6.42 Å². The first-order chi connectivity index (χ1) is 4.22. The Morgan fingerprint density at radius 2 is 1.89 bits per heavy atom. The van der Waals surface area contributed by atoms with E-state index in [1.165, 1.54) is 12.8 Å². The highest BCUT2D eigenvalue weighted by Crippen LogP contribution is 2.18. The smallest absolute Gasteiger partial charge is 0.0359 e. The predicted molar refractivity (Wildman–Crippen MR) is 44.0 cm³/mol. The van der Waals surface area contributed by atoms with Gasteiger partial charge in [-0.3, -0.25) is 0 Å². The van der Waals surface area contributed by atoms with Crippen LogP contribution in [-0.4, -0.2) is 5.38 Å². The van der Waals surface area contributed by atoms with Crippen molar-refractivity contribution in [3.05, 3.63) is 0 Å². The molecule has 0 spiro atoms. The number of rotatable bonds is 4. The first kappa shape index (κ1) is 9.29. The fourth-order valence-electron chi connectivity index (χ4n) is 1.04. The van der Waals surface area contributed by atoms with Gasteiger partial charge in [-0.15, -0.1) is 11.6 Å². The molecule has 0 bridgehead atoms. The van der Waals surface area contributed by atoms with Crippen LogP contribution < -0.4 is 0 Å². The minimum absolute atomic E-state index is 0.393. The first-order valence-electron chi connectivity index (χ1n) is 3.86. The Morgan fingerprint density at radius 3 is 2.22 bits per heavy atom. The Balaban J connectivity index is 3.32. The minimum atomic E-state index is 0.393. The van der Waals surface area contributed by atoms with Crippen molar-refractivity contribution in [2.45, 2.75) is 45.4 Å². The molecule has 1 heteroatoms. The molecule has 0 nitrogen and oxygen atoms in total. The minimum Gasteiger partial charge on any atom is -0.123 e. The van der Waals surface area contributed by atoms with Crippen LogP contribution in [0.25, 0.3) is 0 Å². The van der Waals surface area contributed by atoms with E-state index in [9.17, 15) is 0 Å². The molecule has 0 rings (SSSR count). The van der Waals surface area contributed by atoms with E-state index in [1.54, 1.807) is 0 Å². The summed E-state index contributed by atoms with van der Waals surface area (Å²) in [5.74, 6) is 0.696. The van der Waals surface area contributed by atoms with E-state index in [1.807, 2.05) is 0 Å². The summed E-state index contributed by atoms with van der Waals surface area (Å²) < 4.78 is 0. The van der Waals surface area contributed by atoms with Crippen LogP contribution >= 0.6 is 11.6 Å². The van der Waals surface area contributed by atoms with Gasteiger partial charge in [0.05, 0.1) is 0 Å². The van der Waals surface area contributed by atoms with Gasteiger partial charge in [0.1, 0.15) is 0 Å². The molecule has 0 saturated heterocycles. The van der Waals surface area contributed by atoms with Crippen molar-refractivity contribution < 1.29 is 0 Å². The molecule has 0 N–H and O–H groups in total. The van der Waals surface area contributed by atoms with Crippen molar-refractivity contribution in [1.29, 1.82) is 0 Å². The van der Waals surface area contributed by atoms with E-state index < -0.39 is 0 Å². The zero-order valence-electron chi connectivity index (χ0n) is 6.65. The third-order valence-corrected chi connectivity index (χ3v) is 2.49. The van der Waals surface area contributed by atoms with Crippen LogP contribution in [0.2, 0.25) is 0 Å². The van der Waals surface area contributed by atoms with Gasteiger partial charge in [-0.25, -0.2) is 0 Å². The van der Waals surface area contributed by atoms with E-state index in [4.69, 9.17) is 11.6 Å². The lowest BCUT2D eigenvalue weighted by Gasteiger charge is -2.14. The SMILES string of the molecule is CCCC(C)C(Cl)CC. The quantitative estimate of drug-likeness (QED) is 0.536. The highest BCUT2D eigenvalue weighted by Gasteiger charge is 2.09. The molecular formula is C8H17Cl. The van der Waals surface area contributed by atoms with Gasteiger partial charge in [-0.1, -0.05) is 27.2 Å². The zero-order chi connectivity index (χ0) is 7.28. The standard InChI is InChI=1S/C8H17Cl/c1-4-6-7(3)8(9)5-2/h7-8H,4-6H2,1-3H3. The third-order valence-electron chi connectivity index (χ3n) is 1.75. The summed E-state index contributed by atoms with van der Waals surface area (Å²) >= 11 is 5.99. The Kier molecular flexibility index (Phi) is 5.27. The maximum atomic E-state index is 5.99. The van der Waals surface area contributed by atoms with Crippen molar-refractivity contribution in [3.63, 3.8) is 0 Å². The van der Waals surface area contributed by atoms with Crippen molar-refractivity contribution in [1.82, 2.24) is 0 Å². The summed E-state index contributed by atoms with van der Waals surface area (Å²) in [4.78, 5) is 0. The highest BCUT2D eigenvalue weighted by atomic mass is 35.5. The molecule has 0 saturated carbocycles. The summed E-state index contributed by atoms with van der Waals surface area (Å²) in [7, 11) is 0. The molecule has 56 valence electrons. The van der Waals surface area contributed by atoms with Crippen molar-refractivity contribution in [2.75, 3.05) is 0 Å². The van der Waals surface area contributed by atoms with Gasteiger partial charge < -0.3 is 0 Å². The van der Waals surface area contributed by atoms with Crippen molar-refractivity contribution in [3.8, 4) is 0 Å². The van der Waals surface area contributed by atoms with Crippen molar-refractivity contribution in [2.24, 2.45) is 5.92 Å². The monoisotopic (exact) mass is 148 g/mol. The second kappa shape index (κ2) is 5.10. The Hall–Kier alpha value is 0.290. The summed E-state index contributed by atoms with van der Waals surface area (Å²) in [5, 5.41) is 0.393. The Morgan fingerprint density at radius 1 is 1.33 bits per heavy atom. The molecule has 0 amide bonds. The van der Waals surface area contributed by atoms with Gasteiger partial charge >= 0.3 is 0 Å².